The van der Waals surface area contributed by atoms with Crippen LogP contribution in [0.25, 0.3) is 10.9 Å². The number of hydrogen-bond acceptors (Lipinski definition) is 2. The minimum absolute atomic E-state index is 0.0324. The van der Waals surface area contributed by atoms with Gasteiger partial charge in [0.25, 0.3) is 5.56 Å². The molecule has 134 valence electrons. The molecule has 0 aliphatic carbocycles. The Bertz CT molecular complexity index is 1100. The summed E-state index contributed by atoms with van der Waals surface area (Å²) >= 11 is 11.8. The van der Waals surface area contributed by atoms with Gasteiger partial charge < -0.3 is 9.67 Å². The number of nitrogens with zero attached hydrogens (tertiary/aromatic N) is 1. The number of fused-ring (bicyclic) bond motifs is 1. The first-order chi connectivity index (χ1) is 12.3. The lowest BCUT2D eigenvalue weighted by Gasteiger charge is -2.14. The van der Waals surface area contributed by atoms with Gasteiger partial charge in [-0.25, -0.2) is 8.78 Å². The van der Waals surface area contributed by atoms with E-state index in [0.29, 0.717) is 15.6 Å². The number of pyridine rings is 1. The minimum atomic E-state index is -1.18. The Hall–Kier alpha value is -2.44. The van der Waals surface area contributed by atoms with Crippen molar-refractivity contribution in [1.82, 2.24) is 4.57 Å². The number of hydrogen-bond donors (Lipinski definition) is 1. The number of benzene rings is 2. The highest BCUT2D eigenvalue weighted by atomic mass is 35.5. The maximum atomic E-state index is 13.8. The van der Waals surface area contributed by atoms with Crippen molar-refractivity contribution in [3.05, 3.63) is 79.6 Å². The normalized spacial score (nSPS) is 11.1. The average molecular weight is 398 g/mol. The van der Waals surface area contributed by atoms with E-state index in [1.165, 1.54) is 4.57 Å². The van der Waals surface area contributed by atoms with Gasteiger partial charge >= 0.3 is 5.97 Å². The summed E-state index contributed by atoms with van der Waals surface area (Å²) in [6, 6.07) is 7.67. The molecule has 1 heterocycles. The second-order valence-corrected chi connectivity index (χ2v) is 6.51. The van der Waals surface area contributed by atoms with Crippen molar-refractivity contribution in [1.29, 1.82) is 0 Å². The summed E-state index contributed by atoms with van der Waals surface area (Å²) in [6.45, 7) is 0.0324. The number of carboxylic acid groups (broad SMARTS) is 1. The van der Waals surface area contributed by atoms with E-state index in [0.717, 1.165) is 18.2 Å². The van der Waals surface area contributed by atoms with Crippen molar-refractivity contribution in [2.24, 2.45) is 0 Å². The molecule has 3 aromatic rings. The summed E-state index contributed by atoms with van der Waals surface area (Å²) in [7, 11) is 0. The number of rotatable bonds is 4. The number of halogens is 4. The van der Waals surface area contributed by atoms with Crippen LogP contribution in [0.3, 0.4) is 0 Å². The van der Waals surface area contributed by atoms with Gasteiger partial charge in [0.2, 0.25) is 0 Å². The smallest absolute Gasteiger partial charge is 0.307 e. The SMILES string of the molecule is O=C(O)Cc1cc(=O)n(Cc2ccc(Cl)c(Cl)c2)c2cc(F)c(F)cc12. The van der Waals surface area contributed by atoms with Crippen LogP contribution in [-0.2, 0) is 17.8 Å². The monoisotopic (exact) mass is 397 g/mol. The largest absolute Gasteiger partial charge is 0.481 e. The molecule has 0 spiro atoms. The molecule has 0 aliphatic rings. The van der Waals surface area contributed by atoms with Crippen LogP contribution < -0.4 is 5.56 Å². The number of carbonyl (C=O) groups is 1. The molecule has 0 aliphatic heterocycles. The molecule has 1 N–H and O–H groups in total. The molecule has 0 radical (unpaired) electrons. The van der Waals surface area contributed by atoms with Crippen molar-refractivity contribution in [2.75, 3.05) is 0 Å². The lowest BCUT2D eigenvalue weighted by molar-refractivity contribution is -0.136. The molecule has 0 amide bonds. The van der Waals surface area contributed by atoms with E-state index in [9.17, 15) is 18.4 Å². The molecule has 2 aromatic carbocycles. The average Bonchev–Trinajstić information content (AvgIpc) is 2.56. The number of aliphatic carboxylic acids is 1. The third-order valence-corrected chi connectivity index (χ3v) is 4.64. The topological polar surface area (TPSA) is 59.3 Å². The fourth-order valence-electron chi connectivity index (χ4n) is 2.73. The maximum absolute atomic E-state index is 13.8. The first kappa shape index (κ1) is 18.4. The first-order valence-corrected chi connectivity index (χ1v) is 8.19. The van der Waals surface area contributed by atoms with Crippen LogP contribution in [-0.4, -0.2) is 15.6 Å². The zero-order valence-electron chi connectivity index (χ0n) is 13.1. The maximum Gasteiger partial charge on any atom is 0.307 e. The molecule has 3 rings (SSSR count). The molecule has 0 fully saturated rings. The van der Waals surface area contributed by atoms with Crippen LogP contribution in [0.2, 0.25) is 10.0 Å². The Morgan fingerprint density at radius 1 is 1.04 bits per heavy atom. The van der Waals surface area contributed by atoms with Crippen molar-refractivity contribution in [3.8, 4) is 0 Å². The van der Waals surface area contributed by atoms with Gasteiger partial charge in [0.1, 0.15) is 0 Å². The molecule has 4 nitrogen and oxygen atoms in total. The summed E-state index contributed by atoms with van der Waals surface area (Å²) in [6.07, 6.45) is -0.482. The quantitative estimate of drug-likeness (QED) is 0.715. The van der Waals surface area contributed by atoms with Gasteiger partial charge in [-0.3, -0.25) is 9.59 Å². The highest BCUT2D eigenvalue weighted by Gasteiger charge is 2.15. The molecule has 1 aromatic heterocycles. The van der Waals surface area contributed by atoms with E-state index >= 15 is 0 Å². The highest BCUT2D eigenvalue weighted by molar-refractivity contribution is 6.42. The van der Waals surface area contributed by atoms with E-state index in [-0.39, 0.29) is 23.0 Å². The third-order valence-electron chi connectivity index (χ3n) is 3.91. The summed E-state index contributed by atoms with van der Waals surface area (Å²) in [5, 5.41) is 9.79. The van der Waals surface area contributed by atoms with E-state index < -0.39 is 29.6 Å². The first-order valence-electron chi connectivity index (χ1n) is 7.43. The van der Waals surface area contributed by atoms with Gasteiger partial charge in [0, 0.05) is 17.5 Å². The Morgan fingerprint density at radius 3 is 2.38 bits per heavy atom. The summed E-state index contributed by atoms with van der Waals surface area (Å²) in [4.78, 5) is 23.5. The van der Waals surface area contributed by atoms with Gasteiger partial charge in [-0.05, 0) is 29.3 Å². The van der Waals surface area contributed by atoms with Gasteiger partial charge in [-0.1, -0.05) is 29.3 Å². The fourth-order valence-corrected chi connectivity index (χ4v) is 3.05. The van der Waals surface area contributed by atoms with Crippen LogP contribution in [0.15, 0.2) is 41.2 Å². The molecular weight excluding hydrogens is 387 g/mol. The van der Waals surface area contributed by atoms with E-state index in [1.54, 1.807) is 18.2 Å². The van der Waals surface area contributed by atoms with Crippen LogP contribution in [0, 0.1) is 11.6 Å². The lowest BCUT2D eigenvalue weighted by atomic mass is 10.0. The zero-order valence-corrected chi connectivity index (χ0v) is 14.6. The van der Waals surface area contributed by atoms with E-state index in [1.807, 2.05) is 0 Å². The standard InChI is InChI=1S/C18H11Cl2F2NO3/c19-12-2-1-9(3-13(12)20)8-23-16-7-15(22)14(21)6-11(16)10(4-17(23)24)5-18(25)26/h1-4,6-7H,5,8H2,(H,25,26). The van der Waals surface area contributed by atoms with Crippen LogP contribution in [0.4, 0.5) is 8.78 Å². The summed E-state index contributed by atoms with van der Waals surface area (Å²) in [5.41, 5.74) is 0.296. The van der Waals surface area contributed by atoms with Crippen molar-refractivity contribution < 1.29 is 18.7 Å². The second kappa shape index (κ2) is 7.05. The summed E-state index contributed by atoms with van der Waals surface area (Å²) < 4.78 is 28.7. The van der Waals surface area contributed by atoms with Gasteiger partial charge in [0.05, 0.1) is 28.5 Å². The van der Waals surface area contributed by atoms with Crippen LogP contribution in [0.5, 0.6) is 0 Å². The molecule has 0 unspecified atom stereocenters. The third kappa shape index (κ3) is 3.57. The number of aromatic nitrogens is 1. The van der Waals surface area contributed by atoms with Gasteiger partial charge in [-0.2, -0.15) is 0 Å². The van der Waals surface area contributed by atoms with Crippen LogP contribution in [0.1, 0.15) is 11.1 Å². The molecular formula is C18H11Cl2F2NO3. The lowest BCUT2D eigenvalue weighted by Crippen LogP contribution is -2.22. The van der Waals surface area contributed by atoms with Crippen molar-refractivity contribution >= 4 is 40.1 Å². The second-order valence-electron chi connectivity index (χ2n) is 5.70. The fraction of sp³-hybridized carbons (Fsp3) is 0.111. The molecule has 0 bridgehead atoms. The Kier molecular flexibility index (Phi) is 4.98. The zero-order chi connectivity index (χ0) is 19.0. The highest BCUT2D eigenvalue weighted by Crippen LogP contribution is 2.25. The summed E-state index contributed by atoms with van der Waals surface area (Å²) in [5.74, 6) is -3.44. The Balaban J connectivity index is 2.23. The molecule has 0 saturated carbocycles. The predicted molar refractivity (Wildman–Crippen MR) is 95.0 cm³/mol. The molecule has 0 atom stereocenters. The Labute approximate surface area is 156 Å². The van der Waals surface area contributed by atoms with E-state index in [2.05, 4.69) is 0 Å². The van der Waals surface area contributed by atoms with E-state index in [4.69, 9.17) is 28.3 Å². The van der Waals surface area contributed by atoms with Crippen molar-refractivity contribution in [3.63, 3.8) is 0 Å². The predicted octanol–water partition coefficient (Wildman–Crippen LogP) is 4.26. The van der Waals surface area contributed by atoms with Gasteiger partial charge in [-0.15, -0.1) is 0 Å². The molecule has 0 saturated heterocycles. The van der Waals surface area contributed by atoms with Crippen LogP contribution >= 0.6 is 23.2 Å². The molecule has 8 heteroatoms. The number of carboxylic acids is 1. The van der Waals surface area contributed by atoms with Crippen molar-refractivity contribution in [2.45, 2.75) is 13.0 Å². The molecule has 26 heavy (non-hydrogen) atoms. The Morgan fingerprint density at radius 2 is 1.73 bits per heavy atom. The van der Waals surface area contributed by atoms with Gasteiger partial charge in [0.15, 0.2) is 11.6 Å². The minimum Gasteiger partial charge on any atom is -0.481 e.